The zero-order chi connectivity index (χ0) is 11.6. The molecule has 15 heavy (non-hydrogen) atoms. The number of β-amino-alcohol motifs (C(OH)–C–C–N with tert-alkyl or cyclic N) is 1. The number of aliphatic hydroxyl groups is 1. The number of nitrogens with zero attached hydrogens (tertiary/aromatic N) is 1. The van der Waals surface area contributed by atoms with Gasteiger partial charge < -0.3 is 9.84 Å². The summed E-state index contributed by atoms with van der Waals surface area (Å²) in [5.74, 6) is 0.0191. The molecule has 0 unspecified atom stereocenters. The van der Waals surface area contributed by atoms with Crippen molar-refractivity contribution in [2.24, 2.45) is 5.92 Å². The van der Waals surface area contributed by atoms with E-state index in [9.17, 15) is 9.90 Å². The number of ether oxygens (including phenoxy) is 1. The van der Waals surface area contributed by atoms with Crippen molar-refractivity contribution >= 4 is 5.97 Å². The van der Waals surface area contributed by atoms with E-state index in [1.165, 1.54) is 0 Å². The van der Waals surface area contributed by atoms with Gasteiger partial charge in [0.1, 0.15) is 0 Å². The van der Waals surface area contributed by atoms with Crippen molar-refractivity contribution in [1.29, 1.82) is 0 Å². The van der Waals surface area contributed by atoms with Crippen molar-refractivity contribution in [1.82, 2.24) is 4.90 Å². The molecule has 1 saturated heterocycles. The van der Waals surface area contributed by atoms with Crippen LogP contribution in [0.1, 0.15) is 27.7 Å². The lowest BCUT2D eigenvalue weighted by Crippen LogP contribution is -2.65. The summed E-state index contributed by atoms with van der Waals surface area (Å²) in [4.78, 5) is 13.2. The van der Waals surface area contributed by atoms with Crippen LogP contribution in [0.5, 0.6) is 0 Å². The molecule has 0 saturated carbocycles. The van der Waals surface area contributed by atoms with Gasteiger partial charge in [-0.25, -0.2) is 0 Å². The van der Waals surface area contributed by atoms with Crippen LogP contribution in [0.15, 0.2) is 0 Å². The number of carbonyl (C=O) groups is 1. The molecule has 4 heteroatoms. The highest BCUT2D eigenvalue weighted by molar-refractivity contribution is 5.72. The highest BCUT2D eigenvalue weighted by Crippen LogP contribution is 2.28. The Morgan fingerprint density at radius 1 is 1.40 bits per heavy atom. The van der Waals surface area contributed by atoms with Crippen molar-refractivity contribution in [3.05, 3.63) is 0 Å². The maximum atomic E-state index is 11.3. The molecule has 4 nitrogen and oxygen atoms in total. The minimum absolute atomic E-state index is 0.0669. The van der Waals surface area contributed by atoms with Crippen molar-refractivity contribution < 1.29 is 14.6 Å². The Kier molecular flexibility index (Phi) is 3.73. The molecule has 0 aromatic heterocycles. The van der Waals surface area contributed by atoms with Crippen LogP contribution in [-0.4, -0.2) is 47.3 Å². The predicted octanol–water partition coefficient (Wildman–Crippen LogP) is 0.641. The van der Waals surface area contributed by atoms with Crippen molar-refractivity contribution in [2.75, 3.05) is 19.6 Å². The van der Waals surface area contributed by atoms with Crippen molar-refractivity contribution in [2.45, 2.75) is 39.4 Å². The quantitative estimate of drug-likeness (QED) is 0.699. The summed E-state index contributed by atoms with van der Waals surface area (Å²) in [6.45, 7) is 9.06. The number of likely N-dealkylation sites (tertiary alicyclic amines) is 1. The second kappa shape index (κ2) is 4.49. The van der Waals surface area contributed by atoms with Crippen LogP contribution in [0, 0.1) is 5.92 Å². The van der Waals surface area contributed by atoms with Gasteiger partial charge in [-0.15, -0.1) is 0 Å². The maximum Gasteiger partial charge on any atom is 0.320 e. The first-order chi connectivity index (χ1) is 6.83. The van der Waals surface area contributed by atoms with Gasteiger partial charge in [-0.05, 0) is 19.8 Å². The molecule has 0 aromatic rings. The highest BCUT2D eigenvalue weighted by atomic mass is 16.5. The fraction of sp³-hybridized carbons (Fsp3) is 0.909. The summed E-state index contributed by atoms with van der Waals surface area (Å²) in [6.07, 6.45) is -0.0669. The van der Waals surface area contributed by atoms with E-state index >= 15 is 0 Å². The van der Waals surface area contributed by atoms with Crippen molar-refractivity contribution in [3.63, 3.8) is 0 Å². The molecule has 0 bridgehead atoms. The highest BCUT2D eigenvalue weighted by Gasteiger charge is 2.44. The number of esters is 1. The molecule has 1 N–H and O–H groups in total. The molecule has 0 atom stereocenters. The van der Waals surface area contributed by atoms with Gasteiger partial charge in [-0.2, -0.15) is 0 Å². The lowest BCUT2D eigenvalue weighted by molar-refractivity contribution is -0.161. The molecule has 1 heterocycles. The van der Waals surface area contributed by atoms with Crippen LogP contribution in [0.25, 0.3) is 0 Å². The topological polar surface area (TPSA) is 49.8 Å². The van der Waals surface area contributed by atoms with E-state index in [0.717, 1.165) is 0 Å². The van der Waals surface area contributed by atoms with E-state index in [1.807, 2.05) is 32.6 Å². The fourth-order valence-corrected chi connectivity index (χ4v) is 1.69. The van der Waals surface area contributed by atoms with Gasteiger partial charge in [-0.1, -0.05) is 13.8 Å². The summed E-state index contributed by atoms with van der Waals surface area (Å²) in [7, 11) is 0. The van der Waals surface area contributed by atoms with Gasteiger partial charge in [0.2, 0.25) is 0 Å². The number of hydrogen-bond donors (Lipinski definition) is 1. The molecule has 1 aliphatic rings. The molecule has 0 aromatic carbocycles. The second-order valence-corrected chi connectivity index (χ2v) is 4.94. The number of hydrogen-bond acceptors (Lipinski definition) is 4. The average Bonchev–Trinajstić information content (AvgIpc) is 1.98. The van der Waals surface area contributed by atoms with E-state index < -0.39 is 5.60 Å². The minimum atomic E-state index is -0.613. The molecule has 0 radical (unpaired) electrons. The fourth-order valence-electron chi connectivity index (χ4n) is 1.69. The molecule has 0 aliphatic carbocycles. The maximum absolute atomic E-state index is 11.3. The summed E-state index contributed by atoms with van der Waals surface area (Å²) < 4.78 is 5.02. The van der Waals surface area contributed by atoms with Crippen LogP contribution >= 0.6 is 0 Å². The lowest BCUT2D eigenvalue weighted by Gasteiger charge is -2.48. The predicted molar refractivity (Wildman–Crippen MR) is 57.5 cm³/mol. The Balaban J connectivity index is 2.26. The molecule has 1 rings (SSSR count). The molecular weight excluding hydrogens is 194 g/mol. The second-order valence-electron chi connectivity index (χ2n) is 4.94. The Bertz CT molecular complexity index is 232. The molecular formula is C11H21NO3. The molecule has 1 aliphatic heterocycles. The van der Waals surface area contributed by atoms with Crippen LogP contribution in [0.3, 0.4) is 0 Å². The summed E-state index contributed by atoms with van der Waals surface area (Å²) in [5.41, 5.74) is -0.613. The Hall–Kier alpha value is -0.610. The summed E-state index contributed by atoms with van der Waals surface area (Å²) in [6, 6.07) is 0. The van der Waals surface area contributed by atoms with Crippen LogP contribution < -0.4 is 0 Å². The lowest BCUT2D eigenvalue weighted by atomic mass is 9.83. The Morgan fingerprint density at radius 2 is 1.93 bits per heavy atom. The third-order valence-corrected chi connectivity index (χ3v) is 2.79. The molecule has 88 valence electrons. The van der Waals surface area contributed by atoms with E-state index in [0.29, 0.717) is 13.1 Å². The Morgan fingerprint density at radius 3 is 2.33 bits per heavy atom. The average molecular weight is 215 g/mol. The van der Waals surface area contributed by atoms with Crippen LogP contribution in [0.4, 0.5) is 0 Å². The third-order valence-electron chi connectivity index (χ3n) is 2.79. The van der Waals surface area contributed by atoms with Gasteiger partial charge in [0.05, 0.1) is 18.2 Å². The first-order valence-corrected chi connectivity index (χ1v) is 5.47. The van der Waals surface area contributed by atoms with E-state index in [-0.39, 0.29) is 24.5 Å². The van der Waals surface area contributed by atoms with Gasteiger partial charge >= 0.3 is 5.97 Å². The zero-order valence-electron chi connectivity index (χ0n) is 9.99. The first-order valence-electron chi connectivity index (χ1n) is 5.47. The molecule has 0 amide bonds. The van der Waals surface area contributed by atoms with Crippen molar-refractivity contribution in [3.8, 4) is 0 Å². The van der Waals surface area contributed by atoms with E-state index in [4.69, 9.17) is 4.74 Å². The van der Waals surface area contributed by atoms with Gasteiger partial charge in [0.15, 0.2) is 0 Å². The molecule has 1 fully saturated rings. The van der Waals surface area contributed by atoms with E-state index in [1.54, 1.807) is 0 Å². The smallest absolute Gasteiger partial charge is 0.320 e. The third kappa shape index (κ3) is 3.18. The van der Waals surface area contributed by atoms with Crippen LogP contribution in [-0.2, 0) is 9.53 Å². The van der Waals surface area contributed by atoms with Crippen LogP contribution in [0.2, 0.25) is 0 Å². The standard InChI is InChI=1S/C11H21NO3/c1-8(2)11(14)6-12(7-11)5-10(13)15-9(3)4/h8-9,14H,5-7H2,1-4H3. The van der Waals surface area contributed by atoms with Gasteiger partial charge in [-0.3, -0.25) is 9.69 Å². The monoisotopic (exact) mass is 215 g/mol. The Labute approximate surface area is 91.2 Å². The normalized spacial score (nSPS) is 20.5. The summed E-state index contributed by atoms with van der Waals surface area (Å²) in [5, 5.41) is 9.96. The van der Waals surface area contributed by atoms with Gasteiger partial charge in [0.25, 0.3) is 0 Å². The first kappa shape index (κ1) is 12.5. The number of carbonyl (C=O) groups excluding carboxylic acids is 1. The molecule has 0 spiro atoms. The zero-order valence-corrected chi connectivity index (χ0v) is 9.99. The van der Waals surface area contributed by atoms with E-state index in [2.05, 4.69) is 0 Å². The number of rotatable bonds is 4. The largest absolute Gasteiger partial charge is 0.462 e. The SMILES string of the molecule is CC(C)OC(=O)CN1CC(O)(C(C)C)C1. The minimum Gasteiger partial charge on any atom is -0.462 e. The van der Waals surface area contributed by atoms with Gasteiger partial charge in [0, 0.05) is 13.1 Å². The summed E-state index contributed by atoms with van der Waals surface area (Å²) >= 11 is 0.